The van der Waals surface area contributed by atoms with E-state index in [1.54, 1.807) is 6.20 Å². The molecule has 0 radical (unpaired) electrons. The van der Waals surface area contributed by atoms with Crippen LogP contribution in [0.3, 0.4) is 0 Å². The van der Waals surface area contributed by atoms with Gasteiger partial charge in [0, 0.05) is 18.8 Å². The fraction of sp³-hybridized carbons (Fsp3) is 0.312. The van der Waals surface area contributed by atoms with Crippen molar-refractivity contribution in [3.05, 3.63) is 47.6 Å². The normalized spacial score (nSPS) is 18.0. The van der Waals surface area contributed by atoms with E-state index >= 15 is 0 Å². The highest BCUT2D eigenvalue weighted by molar-refractivity contribution is 6.33. The number of pyridine rings is 1. The van der Waals surface area contributed by atoms with Gasteiger partial charge in [0.05, 0.1) is 16.8 Å². The van der Waals surface area contributed by atoms with Gasteiger partial charge in [-0.1, -0.05) is 29.8 Å². The van der Waals surface area contributed by atoms with Crippen LogP contribution in [-0.4, -0.2) is 24.2 Å². The van der Waals surface area contributed by atoms with Crippen molar-refractivity contribution in [1.29, 1.82) is 0 Å². The van der Waals surface area contributed by atoms with Crippen molar-refractivity contribution < 1.29 is 4.74 Å². The first-order valence-corrected chi connectivity index (χ1v) is 7.47. The Hall–Kier alpha value is -1.94. The molecular formula is C16H18ClN3O. The summed E-state index contributed by atoms with van der Waals surface area (Å²) in [5, 5.41) is 0.635. The second kappa shape index (κ2) is 6.22. The Labute approximate surface area is 129 Å². The minimum atomic E-state index is 0.310. The Morgan fingerprint density at radius 2 is 2.14 bits per heavy atom. The van der Waals surface area contributed by atoms with Crippen molar-refractivity contribution in [2.75, 3.05) is 23.8 Å². The first-order valence-electron chi connectivity index (χ1n) is 7.09. The highest BCUT2D eigenvalue weighted by Crippen LogP contribution is 2.32. The molecule has 1 atom stereocenters. The smallest absolute Gasteiger partial charge is 0.125 e. The average Bonchev–Trinajstić information content (AvgIpc) is 2.97. The van der Waals surface area contributed by atoms with Crippen molar-refractivity contribution in [3.63, 3.8) is 0 Å². The van der Waals surface area contributed by atoms with E-state index in [0.29, 0.717) is 23.5 Å². The van der Waals surface area contributed by atoms with Crippen LogP contribution in [0.15, 0.2) is 42.6 Å². The molecule has 2 N–H and O–H groups in total. The molecule has 0 spiro atoms. The van der Waals surface area contributed by atoms with Gasteiger partial charge in [-0.15, -0.1) is 0 Å². The average molecular weight is 304 g/mol. The van der Waals surface area contributed by atoms with Gasteiger partial charge in [-0.2, -0.15) is 0 Å². The minimum absolute atomic E-state index is 0.310. The molecule has 1 aromatic heterocycles. The third-order valence-corrected chi connectivity index (χ3v) is 4.02. The van der Waals surface area contributed by atoms with Gasteiger partial charge >= 0.3 is 0 Å². The van der Waals surface area contributed by atoms with Crippen LogP contribution in [0.25, 0.3) is 0 Å². The zero-order valence-electron chi connectivity index (χ0n) is 11.7. The van der Waals surface area contributed by atoms with E-state index in [1.165, 1.54) is 0 Å². The number of anilines is 2. The summed E-state index contributed by atoms with van der Waals surface area (Å²) in [4.78, 5) is 6.28. The lowest BCUT2D eigenvalue weighted by Crippen LogP contribution is -2.34. The van der Waals surface area contributed by atoms with Crippen LogP contribution in [0, 0.1) is 0 Å². The highest BCUT2D eigenvalue weighted by Gasteiger charge is 2.27. The number of ether oxygens (including phenoxy) is 1. The number of nitrogen functional groups attached to an aromatic ring is 1. The van der Waals surface area contributed by atoms with Gasteiger partial charge in [0.15, 0.2) is 0 Å². The first-order chi connectivity index (χ1) is 10.2. The molecule has 0 amide bonds. The molecule has 0 aliphatic carbocycles. The van der Waals surface area contributed by atoms with Gasteiger partial charge < -0.3 is 15.4 Å². The van der Waals surface area contributed by atoms with Crippen LogP contribution in [-0.2, 0) is 0 Å². The van der Waals surface area contributed by atoms with E-state index in [2.05, 4.69) is 9.88 Å². The summed E-state index contributed by atoms with van der Waals surface area (Å²) in [5.41, 5.74) is 6.73. The standard InChI is InChI=1S/C16H18ClN3O/c17-14-10-19-16(18)9-15(14)20-8-4-5-12(20)11-21-13-6-2-1-3-7-13/h1-3,6-7,9-10,12H,4-5,8,11H2,(H2,18,19)/t12-/m1/s1. The van der Waals surface area contributed by atoms with Crippen molar-refractivity contribution in [1.82, 2.24) is 4.98 Å². The van der Waals surface area contributed by atoms with Gasteiger partial charge in [-0.25, -0.2) is 4.98 Å². The summed E-state index contributed by atoms with van der Waals surface area (Å²) in [6.07, 6.45) is 3.83. The molecular weight excluding hydrogens is 286 g/mol. The van der Waals surface area contributed by atoms with Crippen molar-refractivity contribution in [3.8, 4) is 5.75 Å². The van der Waals surface area contributed by atoms with E-state index < -0.39 is 0 Å². The Bertz CT molecular complexity index is 606. The molecule has 1 aromatic carbocycles. The molecule has 2 aromatic rings. The molecule has 0 unspecified atom stereocenters. The number of aromatic nitrogens is 1. The van der Waals surface area contributed by atoms with Gasteiger partial charge in [0.1, 0.15) is 18.2 Å². The molecule has 0 bridgehead atoms. The topological polar surface area (TPSA) is 51.4 Å². The molecule has 3 rings (SSSR count). The van der Waals surface area contributed by atoms with Crippen molar-refractivity contribution in [2.24, 2.45) is 0 Å². The molecule has 5 heteroatoms. The summed E-state index contributed by atoms with van der Waals surface area (Å²) < 4.78 is 5.88. The van der Waals surface area contributed by atoms with Gasteiger partial charge in [-0.05, 0) is 25.0 Å². The molecule has 4 nitrogen and oxygen atoms in total. The Kier molecular flexibility index (Phi) is 4.15. The summed E-state index contributed by atoms with van der Waals surface area (Å²) in [6.45, 7) is 1.61. The number of nitrogens with zero attached hydrogens (tertiary/aromatic N) is 2. The SMILES string of the molecule is Nc1cc(N2CCC[C@@H]2COc2ccccc2)c(Cl)cn1. The zero-order valence-corrected chi connectivity index (χ0v) is 12.5. The number of nitrogens with two attached hydrogens (primary N) is 1. The zero-order chi connectivity index (χ0) is 14.7. The van der Waals surface area contributed by atoms with Crippen LogP contribution >= 0.6 is 11.6 Å². The minimum Gasteiger partial charge on any atom is -0.491 e. The number of benzene rings is 1. The molecule has 1 fully saturated rings. The van der Waals surface area contributed by atoms with Crippen molar-refractivity contribution >= 4 is 23.1 Å². The third kappa shape index (κ3) is 3.22. The largest absolute Gasteiger partial charge is 0.491 e. The number of hydrogen-bond acceptors (Lipinski definition) is 4. The lowest BCUT2D eigenvalue weighted by Gasteiger charge is -2.27. The second-order valence-electron chi connectivity index (χ2n) is 5.17. The van der Waals surface area contributed by atoms with E-state index in [-0.39, 0.29) is 0 Å². The fourth-order valence-corrected chi connectivity index (χ4v) is 2.91. The number of para-hydroxylation sites is 1. The second-order valence-corrected chi connectivity index (χ2v) is 5.58. The van der Waals surface area contributed by atoms with Gasteiger partial charge in [-0.3, -0.25) is 0 Å². The number of halogens is 1. The van der Waals surface area contributed by atoms with Crippen LogP contribution < -0.4 is 15.4 Å². The highest BCUT2D eigenvalue weighted by atomic mass is 35.5. The van der Waals surface area contributed by atoms with Gasteiger partial charge in [0.2, 0.25) is 0 Å². The molecule has 1 aliphatic rings. The van der Waals surface area contributed by atoms with Crippen LogP contribution in [0.5, 0.6) is 5.75 Å². The van der Waals surface area contributed by atoms with Crippen LogP contribution in [0.2, 0.25) is 5.02 Å². The summed E-state index contributed by atoms with van der Waals surface area (Å²) in [5.74, 6) is 1.38. The molecule has 0 saturated carbocycles. The summed E-state index contributed by atoms with van der Waals surface area (Å²) in [7, 11) is 0. The maximum atomic E-state index is 6.26. The number of rotatable bonds is 4. The lowest BCUT2D eigenvalue weighted by molar-refractivity contribution is 0.288. The molecule has 21 heavy (non-hydrogen) atoms. The lowest BCUT2D eigenvalue weighted by atomic mass is 10.2. The van der Waals surface area contributed by atoms with Gasteiger partial charge in [0.25, 0.3) is 0 Å². The molecule has 1 aliphatic heterocycles. The van der Waals surface area contributed by atoms with Crippen LogP contribution in [0.1, 0.15) is 12.8 Å². The quantitative estimate of drug-likeness (QED) is 0.941. The maximum Gasteiger partial charge on any atom is 0.125 e. The van der Waals surface area contributed by atoms with Crippen LogP contribution in [0.4, 0.5) is 11.5 Å². The molecule has 110 valence electrons. The van der Waals surface area contributed by atoms with E-state index in [1.807, 2.05) is 36.4 Å². The predicted octanol–water partition coefficient (Wildman–Crippen LogP) is 3.37. The number of hydrogen-bond donors (Lipinski definition) is 1. The Balaban J connectivity index is 1.72. The predicted molar refractivity (Wildman–Crippen MR) is 86.0 cm³/mol. The fourth-order valence-electron chi connectivity index (χ4n) is 2.70. The van der Waals surface area contributed by atoms with E-state index in [9.17, 15) is 0 Å². The molecule has 2 heterocycles. The monoisotopic (exact) mass is 303 g/mol. The van der Waals surface area contributed by atoms with E-state index in [4.69, 9.17) is 22.1 Å². The summed E-state index contributed by atoms with van der Waals surface area (Å²) in [6, 6.07) is 12.0. The Morgan fingerprint density at radius 3 is 2.95 bits per heavy atom. The van der Waals surface area contributed by atoms with E-state index in [0.717, 1.165) is 30.8 Å². The van der Waals surface area contributed by atoms with Crippen molar-refractivity contribution in [2.45, 2.75) is 18.9 Å². The molecule has 1 saturated heterocycles. The Morgan fingerprint density at radius 1 is 1.33 bits per heavy atom. The summed E-state index contributed by atoms with van der Waals surface area (Å²) >= 11 is 6.26. The maximum absolute atomic E-state index is 6.26. The first kappa shape index (κ1) is 14.0. The third-order valence-electron chi connectivity index (χ3n) is 3.73.